The number of anilines is 1. The second-order valence-corrected chi connectivity index (χ2v) is 7.73. The quantitative estimate of drug-likeness (QED) is 0.552. The van der Waals surface area contributed by atoms with Crippen LogP contribution >= 0.6 is 0 Å². The maximum absolute atomic E-state index is 13.6. The molecule has 1 aliphatic rings. The summed E-state index contributed by atoms with van der Waals surface area (Å²) in [6.07, 6.45) is 2.41. The molecule has 1 N–H and O–H groups in total. The Morgan fingerprint density at radius 2 is 1.80 bits per heavy atom. The molecule has 148 valence electrons. The summed E-state index contributed by atoms with van der Waals surface area (Å²) in [5.74, 6) is 1.21. The summed E-state index contributed by atoms with van der Waals surface area (Å²) in [5.41, 5.74) is 5.65. The van der Waals surface area contributed by atoms with Crippen molar-refractivity contribution in [2.24, 2.45) is 4.99 Å². The van der Waals surface area contributed by atoms with E-state index in [0.717, 1.165) is 22.3 Å². The number of carbonyl (C=O) groups excluding carboxylic acids is 1. The van der Waals surface area contributed by atoms with Gasteiger partial charge >= 0.3 is 0 Å². The summed E-state index contributed by atoms with van der Waals surface area (Å²) in [7, 11) is 0. The van der Waals surface area contributed by atoms with E-state index in [1.54, 1.807) is 0 Å². The molecule has 0 unspecified atom stereocenters. The minimum absolute atomic E-state index is 0.0279. The lowest BCUT2D eigenvalue weighted by atomic mass is 10.0. The van der Waals surface area contributed by atoms with Gasteiger partial charge in [0.1, 0.15) is 23.2 Å². The van der Waals surface area contributed by atoms with Crippen LogP contribution in [-0.4, -0.2) is 27.0 Å². The standard InChI is InChI=1S/C25H22N4O/c1-16-11-12-19(17(2)14-16)24-26-20(15-18-8-4-3-5-9-18)23(30)22-25(28-24)27-21-10-6-7-13-29(21)22/h3-14,20H,15H2,1-2H3,(H,26,28)/t20-/m0/s1. The predicted octanol–water partition coefficient (Wildman–Crippen LogP) is 4.62. The van der Waals surface area contributed by atoms with Crippen LogP contribution in [0.15, 0.2) is 77.9 Å². The zero-order valence-electron chi connectivity index (χ0n) is 17.0. The van der Waals surface area contributed by atoms with Crippen LogP contribution in [0.4, 0.5) is 5.82 Å². The maximum Gasteiger partial charge on any atom is 0.208 e. The number of Topliss-reactive ketones (excluding diaryl/α,β-unsaturated/α-hetero) is 1. The molecule has 5 heteroatoms. The van der Waals surface area contributed by atoms with Gasteiger partial charge in [0.15, 0.2) is 5.82 Å². The van der Waals surface area contributed by atoms with Crippen LogP contribution in [-0.2, 0) is 6.42 Å². The molecule has 0 radical (unpaired) electrons. The molecule has 30 heavy (non-hydrogen) atoms. The largest absolute Gasteiger partial charge is 0.323 e. The molecule has 0 aliphatic carbocycles. The second kappa shape index (κ2) is 7.26. The van der Waals surface area contributed by atoms with Crippen molar-refractivity contribution in [3.05, 3.63) is 101 Å². The average Bonchev–Trinajstić information content (AvgIpc) is 3.05. The number of aromatic nitrogens is 2. The molecule has 0 spiro atoms. The van der Waals surface area contributed by atoms with E-state index < -0.39 is 6.04 Å². The first-order valence-corrected chi connectivity index (χ1v) is 10.1. The van der Waals surface area contributed by atoms with E-state index in [0.29, 0.717) is 23.8 Å². The lowest BCUT2D eigenvalue weighted by Crippen LogP contribution is -2.23. The number of nitrogens with one attached hydrogen (secondary N) is 1. The second-order valence-electron chi connectivity index (χ2n) is 7.73. The van der Waals surface area contributed by atoms with Gasteiger partial charge in [-0.1, -0.05) is 60.2 Å². The number of amidine groups is 1. The fraction of sp³-hybridized carbons (Fsp3) is 0.160. The molecule has 4 aromatic rings. The molecule has 5 rings (SSSR count). The Bertz CT molecular complexity index is 1290. The lowest BCUT2D eigenvalue weighted by Gasteiger charge is -2.13. The molecule has 0 saturated heterocycles. The van der Waals surface area contributed by atoms with Crippen molar-refractivity contribution in [1.82, 2.24) is 9.38 Å². The molecule has 3 heterocycles. The molecule has 0 saturated carbocycles. The summed E-state index contributed by atoms with van der Waals surface area (Å²) >= 11 is 0. The summed E-state index contributed by atoms with van der Waals surface area (Å²) in [4.78, 5) is 23.2. The maximum atomic E-state index is 13.6. The fourth-order valence-corrected chi connectivity index (χ4v) is 4.03. The molecular formula is C25H22N4O. The molecule has 1 atom stereocenters. The Balaban J connectivity index is 1.68. The summed E-state index contributed by atoms with van der Waals surface area (Å²) in [5, 5.41) is 3.37. The minimum Gasteiger partial charge on any atom is -0.323 e. The van der Waals surface area contributed by atoms with E-state index in [4.69, 9.17) is 4.99 Å². The number of aryl methyl sites for hydroxylation is 2. The highest BCUT2D eigenvalue weighted by Gasteiger charge is 2.31. The van der Waals surface area contributed by atoms with Gasteiger partial charge in [-0.25, -0.2) is 4.98 Å². The number of pyridine rings is 1. The molecule has 0 bridgehead atoms. The SMILES string of the molecule is Cc1ccc(C2=N[C@@H](Cc3ccccc3)C(=O)c3c(nc4ccccn34)N2)c(C)c1. The van der Waals surface area contributed by atoms with Crippen molar-refractivity contribution in [3.63, 3.8) is 0 Å². The molecule has 0 amide bonds. The van der Waals surface area contributed by atoms with Crippen molar-refractivity contribution in [2.75, 3.05) is 5.32 Å². The summed E-state index contributed by atoms with van der Waals surface area (Å²) in [6, 6.07) is 21.5. The van der Waals surface area contributed by atoms with Gasteiger partial charge in [-0.05, 0) is 37.1 Å². The monoisotopic (exact) mass is 394 g/mol. The van der Waals surface area contributed by atoms with Gasteiger partial charge < -0.3 is 5.32 Å². The Hall–Kier alpha value is -3.73. The van der Waals surface area contributed by atoms with Gasteiger partial charge in [0.25, 0.3) is 0 Å². The van der Waals surface area contributed by atoms with Gasteiger partial charge in [0.2, 0.25) is 5.78 Å². The Morgan fingerprint density at radius 3 is 2.60 bits per heavy atom. The predicted molar refractivity (Wildman–Crippen MR) is 120 cm³/mol. The first-order chi connectivity index (χ1) is 14.6. The van der Waals surface area contributed by atoms with Gasteiger partial charge in [0.05, 0.1) is 0 Å². The molecule has 2 aromatic carbocycles. The molecule has 1 aliphatic heterocycles. The Labute approximate surface area is 175 Å². The number of carbonyl (C=O) groups is 1. The number of nitrogens with zero attached hydrogens (tertiary/aromatic N) is 3. The third-order valence-corrected chi connectivity index (χ3v) is 5.50. The van der Waals surface area contributed by atoms with Crippen LogP contribution in [0.3, 0.4) is 0 Å². The third kappa shape index (κ3) is 3.18. The van der Waals surface area contributed by atoms with E-state index in [-0.39, 0.29) is 5.78 Å². The minimum atomic E-state index is -0.531. The number of hydrogen-bond acceptors (Lipinski definition) is 4. The highest BCUT2D eigenvalue weighted by molar-refractivity contribution is 6.16. The number of ketones is 1. The van der Waals surface area contributed by atoms with E-state index in [9.17, 15) is 4.79 Å². The van der Waals surface area contributed by atoms with Gasteiger partial charge in [-0.15, -0.1) is 0 Å². The van der Waals surface area contributed by atoms with Crippen LogP contribution in [0.2, 0.25) is 0 Å². The van der Waals surface area contributed by atoms with Crippen molar-refractivity contribution in [1.29, 1.82) is 0 Å². The molecule has 0 fully saturated rings. The van der Waals surface area contributed by atoms with Gasteiger partial charge in [-0.3, -0.25) is 14.2 Å². The number of fused-ring (bicyclic) bond motifs is 3. The Kier molecular flexibility index (Phi) is 4.43. The number of hydrogen-bond donors (Lipinski definition) is 1. The first kappa shape index (κ1) is 18.3. The number of imidazole rings is 1. The van der Waals surface area contributed by atoms with E-state index >= 15 is 0 Å². The van der Waals surface area contributed by atoms with E-state index in [1.807, 2.05) is 59.1 Å². The third-order valence-electron chi connectivity index (χ3n) is 5.50. The zero-order chi connectivity index (χ0) is 20.7. The van der Waals surface area contributed by atoms with Crippen LogP contribution < -0.4 is 5.32 Å². The molecule has 5 nitrogen and oxygen atoms in total. The van der Waals surface area contributed by atoms with Gasteiger partial charge in [0, 0.05) is 18.2 Å². The number of benzene rings is 2. The van der Waals surface area contributed by atoms with Crippen LogP contribution in [0.5, 0.6) is 0 Å². The highest BCUT2D eigenvalue weighted by Crippen LogP contribution is 2.26. The number of aliphatic imine (C=N–C) groups is 1. The number of rotatable bonds is 3. The molecular weight excluding hydrogens is 372 g/mol. The van der Waals surface area contributed by atoms with Crippen molar-refractivity contribution in [3.8, 4) is 0 Å². The average molecular weight is 394 g/mol. The van der Waals surface area contributed by atoms with Crippen LogP contribution in [0.25, 0.3) is 5.65 Å². The highest BCUT2D eigenvalue weighted by atomic mass is 16.1. The topological polar surface area (TPSA) is 58.8 Å². The van der Waals surface area contributed by atoms with Crippen molar-refractivity contribution in [2.45, 2.75) is 26.3 Å². The lowest BCUT2D eigenvalue weighted by molar-refractivity contribution is 0.0958. The van der Waals surface area contributed by atoms with Crippen molar-refractivity contribution < 1.29 is 4.79 Å². The van der Waals surface area contributed by atoms with E-state index in [2.05, 4.69) is 42.3 Å². The van der Waals surface area contributed by atoms with Crippen LogP contribution in [0.1, 0.15) is 32.7 Å². The fourth-order valence-electron chi connectivity index (χ4n) is 4.03. The normalized spacial score (nSPS) is 16.0. The van der Waals surface area contributed by atoms with E-state index in [1.165, 1.54) is 5.56 Å². The molecule has 2 aromatic heterocycles. The summed E-state index contributed by atoms with van der Waals surface area (Å²) in [6.45, 7) is 4.14. The van der Waals surface area contributed by atoms with Crippen molar-refractivity contribution >= 4 is 23.1 Å². The first-order valence-electron chi connectivity index (χ1n) is 10.1. The smallest absolute Gasteiger partial charge is 0.208 e. The van der Waals surface area contributed by atoms with Crippen LogP contribution in [0, 0.1) is 13.8 Å². The zero-order valence-corrected chi connectivity index (χ0v) is 17.0. The Morgan fingerprint density at radius 1 is 1.00 bits per heavy atom. The summed E-state index contributed by atoms with van der Waals surface area (Å²) < 4.78 is 1.85. The van der Waals surface area contributed by atoms with Gasteiger partial charge in [-0.2, -0.15) is 0 Å².